The molecule has 0 fully saturated rings. The van der Waals surface area contributed by atoms with Gasteiger partial charge in [0.2, 0.25) is 0 Å². The summed E-state index contributed by atoms with van der Waals surface area (Å²) >= 11 is 5.81. The molecular weight excluding hydrogens is 305 g/mol. The minimum atomic E-state index is -4.57. The molecule has 0 bridgehead atoms. The number of alkyl halides is 3. The standard InChI is InChI=1S/C14H12ClF3N2O/c1-20(2)13-12(15)10(14(16,17)18)7-11(19-13)8-3-5-9(21)6-4-8/h3-7,21H,1-2H3. The maximum absolute atomic E-state index is 13.1. The van der Waals surface area contributed by atoms with Crippen molar-refractivity contribution in [1.29, 1.82) is 0 Å². The van der Waals surface area contributed by atoms with Crippen LogP contribution >= 0.6 is 11.6 Å². The number of rotatable bonds is 2. The van der Waals surface area contributed by atoms with Gasteiger partial charge in [-0.15, -0.1) is 0 Å². The van der Waals surface area contributed by atoms with Gasteiger partial charge in [-0.3, -0.25) is 0 Å². The molecule has 0 aliphatic carbocycles. The van der Waals surface area contributed by atoms with Crippen LogP contribution in [0.2, 0.25) is 5.02 Å². The summed E-state index contributed by atoms with van der Waals surface area (Å²) < 4.78 is 39.2. The first-order valence-corrected chi connectivity index (χ1v) is 6.32. The minimum Gasteiger partial charge on any atom is -0.508 e. The van der Waals surface area contributed by atoms with Gasteiger partial charge >= 0.3 is 6.18 Å². The summed E-state index contributed by atoms with van der Waals surface area (Å²) in [6.07, 6.45) is -4.57. The van der Waals surface area contributed by atoms with Crippen molar-refractivity contribution in [3.05, 3.63) is 40.9 Å². The SMILES string of the molecule is CN(C)c1nc(-c2ccc(O)cc2)cc(C(F)(F)F)c1Cl. The third kappa shape index (κ3) is 3.21. The Morgan fingerprint density at radius 1 is 1.14 bits per heavy atom. The monoisotopic (exact) mass is 316 g/mol. The fourth-order valence-electron chi connectivity index (χ4n) is 1.80. The topological polar surface area (TPSA) is 36.4 Å². The Morgan fingerprint density at radius 2 is 1.71 bits per heavy atom. The van der Waals surface area contributed by atoms with E-state index in [1.165, 1.54) is 29.2 Å². The second kappa shape index (κ2) is 5.44. The summed E-state index contributed by atoms with van der Waals surface area (Å²) in [5.41, 5.74) is -0.348. The molecule has 2 rings (SSSR count). The third-order valence-electron chi connectivity index (χ3n) is 2.83. The molecule has 0 atom stereocenters. The highest BCUT2D eigenvalue weighted by Gasteiger charge is 2.35. The molecule has 0 spiro atoms. The van der Waals surface area contributed by atoms with E-state index in [1.807, 2.05) is 0 Å². The Balaban J connectivity index is 2.67. The number of halogens is 4. The smallest absolute Gasteiger partial charge is 0.418 e. The average Bonchev–Trinajstić information content (AvgIpc) is 2.38. The average molecular weight is 317 g/mol. The van der Waals surface area contributed by atoms with Crippen molar-refractivity contribution >= 4 is 17.4 Å². The van der Waals surface area contributed by atoms with Crippen LogP contribution in [0.25, 0.3) is 11.3 Å². The Bertz CT molecular complexity index is 655. The molecule has 21 heavy (non-hydrogen) atoms. The van der Waals surface area contributed by atoms with Gasteiger partial charge in [-0.05, 0) is 30.3 Å². The van der Waals surface area contributed by atoms with Gasteiger partial charge in [-0.2, -0.15) is 13.2 Å². The molecule has 0 saturated carbocycles. The molecule has 1 heterocycles. The second-order valence-electron chi connectivity index (χ2n) is 4.63. The molecule has 0 saturated heterocycles. The lowest BCUT2D eigenvalue weighted by Gasteiger charge is -2.19. The first-order chi connectivity index (χ1) is 9.70. The Morgan fingerprint density at radius 3 is 2.19 bits per heavy atom. The van der Waals surface area contributed by atoms with E-state index in [2.05, 4.69) is 4.98 Å². The fourth-order valence-corrected chi connectivity index (χ4v) is 2.17. The van der Waals surface area contributed by atoms with E-state index >= 15 is 0 Å². The fraction of sp³-hybridized carbons (Fsp3) is 0.214. The largest absolute Gasteiger partial charge is 0.508 e. The van der Waals surface area contributed by atoms with Crippen molar-refractivity contribution in [2.45, 2.75) is 6.18 Å². The molecule has 1 aromatic carbocycles. The van der Waals surface area contributed by atoms with Gasteiger partial charge in [-0.25, -0.2) is 4.98 Å². The predicted molar refractivity (Wildman–Crippen MR) is 75.7 cm³/mol. The number of hydrogen-bond donors (Lipinski definition) is 1. The molecule has 1 aromatic heterocycles. The highest BCUT2D eigenvalue weighted by atomic mass is 35.5. The number of phenolic OH excluding ortho intramolecular Hbond substituents is 1. The van der Waals surface area contributed by atoms with E-state index in [0.717, 1.165) is 6.07 Å². The summed E-state index contributed by atoms with van der Waals surface area (Å²) in [7, 11) is 3.13. The zero-order chi connectivity index (χ0) is 15.8. The number of nitrogens with zero attached hydrogens (tertiary/aromatic N) is 2. The number of phenols is 1. The van der Waals surface area contributed by atoms with E-state index in [1.54, 1.807) is 14.1 Å². The van der Waals surface area contributed by atoms with Gasteiger partial charge < -0.3 is 10.0 Å². The van der Waals surface area contributed by atoms with Crippen LogP contribution in [-0.4, -0.2) is 24.2 Å². The molecular formula is C14H12ClF3N2O. The van der Waals surface area contributed by atoms with Crippen molar-refractivity contribution in [2.24, 2.45) is 0 Å². The van der Waals surface area contributed by atoms with Gasteiger partial charge in [0.25, 0.3) is 0 Å². The van der Waals surface area contributed by atoms with Crippen molar-refractivity contribution < 1.29 is 18.3 Å². The summed E-state index contributed by atoms with van der Waals surface area (Å²) in [6, 6.07) is 6.65. The number of aromatic hydroxyl groups is 1. The predicted octanol–water partition coefficient (Wildman–Crippen LogP) is 4.19. The summed E-state index contributed by atoms with van der Waals surface area (Å²) in [6.45, 7) is 0. The molecule has 2 aromatic rings. The van der Waals surface area contributed by atoms with Crippen molar-refractivity contribution in [2.75, 3.05) is 19.0 Å². The summed E-state index contributed by atoms with van der Waals surface area (Å²) in [5, 5.41) is 8.81. The summed E-state index contributed by atoms with van der Waals surface area (Å²) in [4.78, 5) is 5.58. The van der Waals surface area contributed by atoms with E-state index in [9.17, 15) is 18.3 Å². The molecule has 0 aliphatic rings. The van der Waals surface area contributed by atoms with Crippen LogP contribution in [0, 0.1) is 0 Å². The third-order valence-corrected chi connectivity index (χ3v) is 3.20. The zero-order valence-electron chi connectivity index (χ0n) is 11.2. The van der Waals surface area contributed by atoms with Crippen LogP contribution in [0.4, 0.5) is 19.0 Å². The Kier molecular flexibility index (Phi) is 4.00. The number of aromatic nitrogens is 1. The molecule has 1 N–H and O–H groups in total. The molecule has 0 radical (unpaired) electrons. The van der Waals surface area contributed by atoms with Crippen LogP contribution in [0.3, 0.4) is 0 Å². The van der Waals surface area contributed by atoms with E-state index in [-0.39, 0.29) is 17.3 Å². The Labute approximate surface area is 124 Å². The molecule has 7 heteroatoms. The molecule has 0 unspecified atom stereocenters. The first kappa shape index (κ1) is 15.4. The first-order valence-electron chi connectivity index (χ1n) is 5.94. The quantitative estimate of drug-likeness (QED) is 0.902. The molecule has 0 amide bonds. The van der Waals surface area contributed by atoms with Crippen molar-refractivity contribution in [1.82, 2.24) is 4.98 Å². The number of pyridine rings is 1. The maximum atomic E-state index is 13.1. The minimum absolute atomic E-state index is 0.0246. The lowest BCUT2D eigenvalue weighted by Crippen LogP contribution is -2.15. The number of anilines is 1. The van der Waals surface area contributed by atoms with Gasteiger partial charge in [0.1, 0.15) is 11.6 Å². The highest BCUT2D eigenvalue weighted by molar-refractivity contribution is 6.33. The second-order valence-corrected chi connectivity index (χ2v) is 5.01. The van der Waals surface area contributed by atoms with Crippen molar-refractivity contribution in [3.8, 4) is 17.0 Å². The Hall–Kier alpha value is -1.95. The number of hydrogen-bond acceptors (Lipinski definition) is 3. The zero-order valence-corrected chi connectivity index (χ0v) is 12.0. The van der Waals surface area contributed by atoms with Crippen LogP contribution in [0.5, 0.6) is 5.75 Å². The van der Waals surface area contributed by atoms with Crippen LogP contribution in [0.15, 0.2) is 30.3 Å². The highest BCUT2D eigenvalue weighted by Crippen LogP contribution is 2.40. The maximum Gasteiger partial charge on any atom is 0.418 e. The van der Waals surface area contributed by atoms with Crippen molar-refractivity contribution in [3.63, 3.8) is 0 Å². The summed E-state index contributed by atoms with van der Waals surface area (Å²) in [5.74, 6) is 0.0613. The van der Waals surface area contributed by atoms with E-state index < -0.39 is 16.8 Å². The lowest BCUT2D eigenvalue weighted by atomic mass is 10.1. The molecule has 112 valence electrons. The lowest BCUT2D eigenvalue weighted by molar-refractivity contribution is -0.137. The van der Waals surface area contributed by atoms with Gasteiger partial charge in [0.15, 0.2) is 0 Å². The van der Waals surface area contributed by atoms with E-state index in [4.69, 9.17) is 11.6 Å². The normalized spacial score (nSPS) is 11.5. The molecule has 0 aliphatic heterocycles. The number of benzene rings is 1. The van der Waals surface area contributed by atoms with Gasteiger partial charge in [0, 0.05) is 19.7 Å². The van der Waals surface area contributed by atoms with Crippen LogP contribution in [-0.2, 0) is 6.18 Å². The molecule has 3 nitrogen and oxygen atoms in total. The van der Waals surface area contributed by atoms with Crippen LogP contribution in [0.1, 0.15) is 5.56 Å². The van der Waals surface area contributed by atoms with E-state index in [0.29, 0.717) is 5.56 Å². The van der Waals surface area contributed by atoms with Gasteiger partial charge in [-0.1, -0.05) is 11.6 Å². The van der Waals surface area contributed by atoms with Gasteiger partial charge in [0.05, 0.1) is 16.3 Å². The van der Waals surface area contributed by atoms with Crippen LogP contribution < -0.4 is 4.90 Å².